The van der Waals surface area contributed by atoms with E-state index < -0.39 is 0 Å². The molecule has 0 heterocycles. The normalized spacial score (nSPS) is 12.0. The Bertz CT molecular complexity index is 178. The fourth-order valence-electron chi connectivity index (χ4n) is 1.37. The van der Waals surface area contributed by atoms with Crippen molar-refractivity contribution in [1.29, 1.82) is 5.52 Å². The van der Waals surface area contributed by atoms with Gasteiger partial charge in [-0.3, -0.25) is 5.01 Å². The van der Waals surface area contributed by atoms with E-state index in [4.69, 9.17) is 12.9 Å². The second-order valence-corrected chi connectivity index (χ2v) is 3.78. The molecule has 0 aliphatic carbocycles. The van der Waals surface area contributed by atoms with E-state index in [1.54, 1.807) is 5.01 Å². The van der Waals surface area contributed by atoms with Gasteiger partial charge >= 0.3 is 0 Å². The Morgan fingerprint density at radius 1 is 1.06 bits per heavy atom. The number of hydrogen-bond acceptors (Lipinski definition) is 5. The van der Waals surface area contributed by atoms with E-state index in [0.29, 0.717) is 6.54 Å². The number of hydrogen-bond donors (Lipinski definition) is 4. The lowest BCUT2D eigenvalue weighted by Crippen LogP contribution is -2.23. The van der Waals surface area contributed by atoms with Gasteiger partial charge in [-0.15, -0.1) is 0 Å². The zero-order valence-corrected chi connectivity index (χ0v) is 10.1. The number of nitrogens with one attached hydrogen (secondary N) is 2. The number of unbranched alkanes of at least 4 members (excludes halogenated alkanes) is 1. The van der Waals surface area contributed by atoms with E-state index in [9.17, 15) is 0 Å². The van der Waals surface area contributed by atoms with Gasteiger partial charge in [0.1, 0.15) is 0 Å². The molecule has 0 saturated heterocycles. The summed E-state index contributed by atoms with van der Waals surface area (Å²) < 4.78 is 6.72. The third-order valence-corrected chi connectivity index (χ3v) is 2.32. The topological polar surface area (TPSA) is 104 Å². The van der Waals surface area contributed by atoms with E-state index in [2.05, 4.69) is 16.1 Å². The van der Waals surface area contributed by atoms with Gasteiger partial charge in [0.05, 0.1) is 0 Å². The Morgan fingerprint density at radius 2 is 1.75 bits per heavy atom. The quantitative estimate of drug-likeness (QED) is 0.220. The van der Waals surface area contributed by atoms with Crippen LogP contribution in [0.4, 0.5) is 0 Å². The first-order chi connectivity index (χ1) is 8.35. The van der Waals surface area contributed by atoms with Crippen molar-refractivity contribution in [2.45, 2.75) is 25.7 Å². The van der Waals surface area contributed by atoms with Crippen LogP contribution in [0.15, 0.2) is 5.22 Å². The van der Waals surface area contributed by atoms with E-state index in [1.165, 1.54) is 0 Å². The summed E-state index contributed by atoms with van der Waals surface area (Å²) in [5, 5.41) is 8.87. The second-order valence-electron chi connectivity index (χ2n) is 3.78. The summed E-state index contributed by atoms with van der Waals surface area (Å²) in [5.74, 6) is 0. The van der Waals surface area contributed by atoms with Crippen LogP contribution >= 0.6 is 0 Å². The molecule has 0 fully saturated rings. The molecular weight excluding hydrogens is 204 g/mol. The van der Waals surface area contributed by atoms with Gasteiger partial charge in [0.2, 0.25) is 1.41 Å². The molecule has 0 bridgehead atoms. The molecule has 6 N–H and O–H groups in total. The molecule has 0 rings (SSSR count). The maximum atomic E-state index is 6.72. The minimum atomic E-state index is 0.644. The minimum Gasteiger partial charge on any atom is -0.330 e. The van der Waals surface area contributed by atoms with E-state index in [1.807, 2.05) is 0 Å². The van der Waals surface area contributed by atoms with Crippen LogP contribution in [-0.4, -0.2) is 44.3 Å². The standard InChI is InChI=1S/C10H26N6/c11-5-3-8-14-7-1-2-9-16(15-13)10-4-6-12/h13-14H,1-12H2/b15-13-. The highest BCUT2D eigenvalue weighted by Gasteiger charge is 1.99. The van der Waals surface area contributed by atoms with Crippen molar-refractivity contribution in [1.82, 2.24) is 10.3 Å². The van der Waals surface area contributed by atoms with E-state index in [-0.39, 0.29) is 0 Å². The molecule has 0 saturated carbocycles. The molecule has 96 valence electrons. The lowest BCUT2D eigenvalue weighted by molar-refractivity contribution is 0.253. The van der Waals surface area contributed by atoms with Crippen LogP contribution in [0.3, 0.4) is 0 Å². The summed E-state index contributed by atoms with van der Waals surface area (Å²) in [5.41, 5.74) is 13.9. The number of nitrogens with zero attached hydrogens (tertiary/aromatic N) is 2. The molecule has 16 heavy (non-hydrogen) atoms. The van der Waals surface area contributed by atoms with Crippen LogP contribution in [0.5, 0.6) is 0 Å². The molecule has 6 nitrogen and oxygen atoms in total. The number of nitrogens with two attached hydrogens (primary N) is 2. The summed E-state index contributed by atoms with van der Waals surface area (Å²) >= 11 is 0. The van der Waals surface area contributed by atoms with Gasteiger partial charge in [-0.05, 0) is 51.9 Å². The van der Waals surface area contributed by atoms with E-state index in [0.717, 1.165) is 58.4 Å². The SMILES string of the molecule is [H]/N=N\N(CCCN)CCCCNCCCN. The molecule has 0 aromatic rings. The van der Waals surface area contributed by atoms with Gasteiger partial charge in [0, 0.05) is 13.1 Å². The van der Waals surface area contributed by atoms with Crippen molar-refractivity contribution in [3.63, 3.8) is 0 Å². The summed E-state index contributed by atoms with van der Waals surface area (Å²) in [6, 6.07) is 0. The molecule has 0 unspecified atom stereocenters. The largest absolute Gasteiger partial charge is 0.330 e. The highest BCUT2D eigenvalue weighted by atomic mass is 15.5. The molecule has 0 aromatic heterocycles. The monoisotopic (exact) mass is 230 g/mol. The highest BCUT2D eigenvalue weighted by molar-refractivity contribution is 4.54. The van der Waals surface area contributed by atoms with Gasteiger partial charge in [0.25, 0.3) is 0 Å². The summed E-state index contributed by atoms with van der Waals surface area (Å²) in [6.45, 7) is 4.98. The molecular formula is C10H26N6. The third-order valence-electron chi connectivity index (χ3n) is 2.32. The summed E-state index contributed by atoms with van der Waals surface area (Å²) in [7, 11) is 0. The van der Waals surface area contributed by atoms with Crippen molar-refractivity contribution in [3.05, 3.63) is 0 Å². The zero-order chi connectivity index (χ0) is 12.8. The number of rotatable bonds is 12. The van der Waals surface area contributed by atoms with Crippen molar-refractivity contribution in [2.24, 2.45) is 16.7 Å². The average molecular weight is 230 g/mol. The molecule has 0 amide bonds. The van der Waals surface area contributed by atoms with Crippen LogP contribution in [0.1, 0.15) is 25.7 Å². The predicted molar refractivity (Wildman–Crippen MR) is 66.2 cm³/mol. The van der Waals surface area contributed by atoms with Crippen molar-refractivity contribution >= 4 is 0 Å². The first-order valence-corrected chi connectivity index (χ1v) is 6.06. The van der Waals surface area contributed by atoms with Crippen LogP contribution in [-0.2, 0) is 0 Å². The Hall–Kier alpha value is -0.720. The molecule has 6 heteroatoms. The molecule has 0 aliphatic rings. The van der Waals surface area contributed by atoms with Gasteiger partial charge in [-0.1, -0.05) is 5.22 Å². The fraction of sp³-hybridized carbons (Fsp3) is 1.00. The average Bonchev–Trinajstić information content (AvgIpc) is 2.34. The van der Waals surface area contributed by atoms with Crippen LogP contribution in [0.25, 0.3) is 0 Å². The zero-order valence-electron chi connectivity index (χ0n) is 11.1. The second kappa shape index (κ2) is 12.4. The maximum Gasteiger partial charge on any atom is 0.215 e. The van der Waals surface area contributed by atoms with Crippen molar-refractivity contribution < 1.29 is 1.41 Å². The molecule has 0 spiro atoms. The fourth-order valence-corrected chi connectivity index (χ4v) is 1.37. The summed E-state index contributed by atoms with van der Waals surface area (Å²) in [4.78, 5) is 0. The van der Waals surface area contributed by atoms with Crippen molar-refractivity contribution in [2.75, 3.05) is 39.3 Å². The van der Waals surface area contributed by atoms with E-state index >= 15 is 0 Å². The van der Waals surface area contributed by atoms with Crippen LogP contribution < -0.4 is 16.8 Å². The van der Waals surface area contributed by atoms with Crippen molar-refractivity contribution in [3.8, 4) is 0 Å². The minimum absolute atomic E-state index is 0.644. The third kappa shape index (κ3) is 9.82. The molecule has 0 radical (unpaired) electrons. The lowest BCUT2D eigenvalue weighted by Gasteiger charge is -2.16. The maximum absolute atomic E-state index is 6.72. The summed E-state index contributed by atoms with van der Waals surface area (Å²) in [6.07, 6.45) is 4.04. The molecule has 0 aromatic carbocycles. The Labute approximate surface area is 99.7 Å². The van der Waals surface area contributed by atoms with Crippen LogP contribution in [0.2, 0.25) is 1.41 Å². The smallest absolute Gasteiger partial charge is 0.215 e. The van der Waals surface area contributed by atoms with Gasteiger partial charge < -0.3 is 16.8 Å². The highest BCUT2D eigenvalue weighted by Crippen LogP contribution is 1.96. The van der Waals surface area contributed by atoms with Gasteiger partial charge in [0.15, 0.2) is 0 Å². The first kappa shape index (κ1) is 13.3. The van der Waals surface area contributed by atoms with Gasteiger partial charge in [-0.2, -0.15) is 5.52 Å². The van der Waals surface area contributed by atoms with Gasteiger partial charge in [-0.25, -0.2) is 0 Å². The molecule has 0 aliphatic heterocycles. The molecule has 0 atom stereocenters. The first-order valence-electron chi connectivity index (χ1n) is 6.50. The Balaban J connectivity index is 3.40. The predicted octanol–water partition coefficient (Wildman–Crippen LogP) is 0.302. The van der Waals surface area contributed by atoms with Crippen LogP contribution in [0, 0.1) is 5.52 Å². The lowest BCUT2D eigenvalue weighted by atomic mass is 10.3. The Morgan fingerprint density at radius 3 is 2.44 bits per heavy atom. The Kier molecular flexibility index (Phi) is 10.3.